The Balaban J connectivity index is 1.78. The average Bonchev–Trinajstić information content (AvgIpc) is 2.67. The maximum Gasteiger partial charge on any atom is 0.264 e. The van der Waals surface area contributed by atoms with Crippen molar-refractivity contribution in [1.29, 1.82) is 0 Å². The summed E-state index contributed by atoms with van der Waals surface area (Å²) in [4.78, 5) is 4.21. The monoisotopic (exact) mass is 426 g/mol. The lowest BCUT2D eigenvalue weighted by atomic mass is 10.3. The lowest BCUT2D eigenvalue weighted by molar-refractivity contribution is 0.210. The minimum Gasteiger partial charge on any atom is -0.493 e. The molecule has 0 spiro atoms. The van der Waals surface area contributed by atoms with E-state index in [-0.39, 0.29) is 41.5 Å². The van der Waals surface area contributed by atoms with E-state index in [1.807, 2.05) is 0 Å². The standard InChI is InChI=1S/C18H22N2O6S2/c1-3-27(21,22)12-11-25-15-6-8-16(9-7-15)28(23,24)20-13-14(2)26-18-17(20)5-4-10-19-18/h4-10,14H,3,11-13H2,1-2H3/t14-/m1/s1. The molecule has 2 heterocycles. The number of hydrogen-bond donors (Lipinski definition) is 0. The highest BCUT2D eigenvalue weighted by atomic mass is 32.2. The third-order valence-corrected chi connectivity index (χ3v) is 7.73. The maximum absolute atomic E-state index is 13.1. The Morgan fingerprint density at radius 3 is 2.57 bits per heavy atom. The van der Waals surface area contributed by atoms with Crippen LogP contribution in [0.25, 0.3) is 0 Å². The van der Waals surface area contributed by atoms with Gasteiger partial charge in [0.15, 0.2) is 9.84 Å². The molecule has 0 unspecified atom stereocenters. The molecule has 0 aliphatic carbocycles. The first-order valence-electron chi connectivity index (χ1n) is 8.80. The van der Waals surface area contributed by atoms with Crippen LogP contribution in [0.4, 0.5) is 5.69 Å². The zero-order valence-corrected chi connectivity index (χ0v) is 17.2. The van der Waals surface area contributed by atoms with E-state index < -0.39 is 19.9 Å². The van der Waals surface area contributed by atoms with Gasteiger partial charge in [0.25, 0.3) is 10.0 Å². The zero-order chi connectivity index (χ0) is 20.4. The van der Waals surface area contributed by atoms with Crippen LogP contribution in [-0.4, -0.2) is 52.6 Å². The van der Waals surface area contributed by atoms with Crippen molar-refractivity contribution in [2.45, 2.75) is 24.8 Å². The van der Waals surface area contributed by atoms with Gasteiger partial charge in [0, 0.05) is 11.9 Å². The second-order valence-electron chi connectivity index (χ2n) is 6.35. The summed E-state index contributed by atoms with van der Waals surface area (Å²) in [6, 6.07) is 9.21. The van der Waals surface area contributed by atoms with Crippen molar-refractivity contribution < 1.29 is 26.3 Å². The van der Waals surface area contributed by atoms with Crippen LogP contribution in [-0.2, 0) is 19.9 Å². The minimum atomic E-state index is -3.81. The average molecular weight is 427 g/mol. The van der Waals surface area contributed by atoms with Crippen molar-refractivity contribution in [3.05, 3.63) is 42.6 Å². The number of nitrogens with zero attached hydrogens (tertiary/aromatic N) is 2. The second-order valence-corrected chi connectivity index (χ2v) is 10.7. The highest BCUT2D eigenvalue weighted by molar-refractivity contribution is 7.92. The van der Waals surface area contributed by atoms with Crippen molar-refractivity contribution in [1.82, 2.24) is 4.98 Å². The van der Waals surface area contributed by atoms with Crippen molar-refractivity contribution in [3.63, 3.8) is 0 Å². The molecule has 0 radical (unpaired) electrons. The summed E-state index contributed by atoms with van der Waals surface area (Å²) in [5, 5.41) is 0. The van der Waals surface area contributed by atoms with E-state index in [0.29, 0.717) is 11.4 Å². The van der Waals surface area contributed by atoms with E-state index in [4.69, 9.17) is 9.47 Å². The molecule has 1 aromatic carbocycles. The molecule has 0 bridgehead atoms. The topological polar surface area (TPSA) is 103 Å². The summed E-state index contributed by atoms with van der Waals surface area (Å²) in [6.07, 6.45) is 1.22. The van der Waals surface area contributed by atoms with E-state index in [0.717, 1.165) is 0 Å². The van der Waals surface area contributed by atoms with E-state index in [9.17, 15) is 16.8 Å². The lowest BCUT2D eigenvalue weighted by Gasteiger charge is -2.33. The SMILES string of the molecule is CCS(=O)(=O)CCOc1ccc(S(=O)(=O)N2C[C@@H](C)Oc3ncccc32)cc1. The number of pyridine rings is 1. The Morgan fingerprint density at radius 2 is 1.89 bits per heavy atom. The Kier molecular flexibility index (Phi) is 5.80. The smallest absolute Gasteiger partial charge is 0.264 e. The van der Waals surface area contributed by atoms with E-state index >= 15 is 0 Å². The number of hydrogen-bond acceptors (Lipinski definition) is 7. The third kappa shape index (κ3) is 4.39. The molecular formula is C18H22N2O6S2. The van der Waals surface area contributed by atoms with Crippen LogP contribution in [0.3, 0.4) is 0 Å². The molecule has 3 rings (SSSR count). The van der Waals surface area contributed by atoms with Crippen LogP contribution < -0.4 is 13.8 Å². The molecular weight excluding hydrogens is 404 g/mol. The molecule has 0 N–H and O–H groups in total. The van der Waals surface area contributed by atoms with Gasteiger partial charge in [-0.2, -0.15) is 0 Å². The molecule has 1 aliphatic heterocycles. The second kappa shape index (κ2) is 7.96. The number of anilines is 1. The summed E-state index contributed by atoms with van der Waals surface area (Å²) >= 11 is 0. The largest absolute Gasteiger partial charge is 0.493 e. The lowest BCUT2D eigenvalue weighted by Crippen LogP contribution is -2.42. The van der Waals surface area contributed by atoms with Gasteiger partial charge < -0.3 is 9.47 Å². The van der Waals surface area contributed by atoms with Gasteiger partial charge >= 0.3 is 0 Å². The van der Waals surface area contributed by atoms with E-state index in [1.165, 1.54) is 28.6 Å². The number of sulfone groups is 1. The van der Waals surface area contributed by atoms with Gasteiger partial charge in [0.1, 0.15) is 24.1 Å². The molecule has 0 fully saturated rings. The van der Waals surface area contributed by atoms with Gasteiger partial charge in [-0.25, -0.2) is 21.8 Å². The van der Waals surface area contributed by atoms with Crippen molar-refractivity contribution in [2.75, 3.05) is 29.0 Å². The predicted molar refractivity (Wildman–Crippen MR) is 105 cm³/mol. The van der Waals surface area contributed by atoms with Gasteiger partial charge in [-0.3, -0.25) is 4.31 Å². The van der Waals surface area contributed by atoms with Gasteiger partial charge in [-0.15, -0.1) is 0 Å². The Bertz CT molecular complexity index is 1040. The first-order chi connectivity index (χ1) is 13.2. The Hall–Kier alpha value is -2.33. The van der Waals surface area contributed by atoms with Crippen LogP contribution >= 0.6 is 0 Å². The number of aromatic nitrogens is 1. The summed E-state index contributed by atoms with van der Waals surface area (Å²) in [5.41, 5.74) is 0.394. The molecule has 152 valence electrons. The molecule has 2 aromatic rings. The normalized spacial score (nSPS) is 16.9. The van der Waals surface area contributed by atoms with E-state index in [1.54, 1.807) is 32.2 Å². The molecule has 0 amide bonds. The number of ether oxygens (including phenoxy) is 2. The summed E-state index contributed by atoms with van der Waals surface area (Å²) < 4.78 is 61.5. The highest BCUT2D eigenvalue weighted by Gasteiger charge is 2.33. The molecule has 10 heteroatoms. The van der Waals surface area contributed by atoms with Crippen molar-refractivity contribution >= 4 is 25.5 Å². The Labute approximate surface area is 165 Å². The minimum absolute atomic E-state index is 0.0162. The highest BCUT2D eigenvalue weighted by Crippen LogP contribution is 2.35. The molecule has 28 heavy (non-hydrogen) atoms. The molecule has 1 atom stereocenters. The first kappa shape index (κ1) is 20.4. The maximum atomic E-state index is 13.1. The number of fused-ring (bicyclic) bond motifs is 1. The number of rotatable bonds is 7. The van der Waals surface area contributed by atoms with Crippen molar-refractivity contribution in [3.8, 4) is 11.6 Å². The summed E-state index contributed by atoms with van der Waals surface area (Å²) in [5.74, 6) is 0.658. The molecule has 8 nitrogen and oxygen atoms in total. The first-order valence-corrected chi connectivity index (χ1v) is 12.1. The molecule has 1 aliphatic rings. The van der Waals surface area contributed by atoms with Gasteiger partial charge in [0.05, 0.1) is 17.2 Å². The quantitative estimate of drug-likeness (QED) is 0.666. The predicted octanol–water partition coefficient (Wildman–Crippen LogP) is 1.87. The van der Waals surface area contributed by atoms with Gasteiger partial charge in [-0.05, 0) is 43.3 Å². The third-order valence-electron chi connectivity index (χ3n) is 4.27. The fourth-order valence-electron chi connectivity index (χ4n) is 2.72. The molecule has 0 saturated carbocycles. The van der Waals surface area contributed by atoms with Crippen LogP contribution in [0.2, 0.25) is 0 Å². The van der Waals surface area contributed by atoms with Crippen LogP contribution in [0.5, 0.6) is 11.6 Å². The van der Waals surface area contributed by atoms with Crippen molar-refractivity contribution in [2.24, 2.45) is 0 Å². The number of benzene rings is 1. The molecule has 0 saturated heterocycles. The number of sulfonamides is 1. The summed E-state index contributed by atoms with van der Waals surface area (Å²) in [7, 11) is -6.93. The summed E-state index contributed by atoms with van der Waals surface area (Å²) in [6.45, 7) is 3.55. The van der Waals surface area contributed by atoms with E-state index in [2.05, 4.69) is 4.98 Å². The van der Waals surface area contributed by atoms with Gasteiger partial charge in [-0.1, -0.05) is 6.92 Å². The molecule has 1 aromatic heterocycles. The fraction of sp³-hybridized carbons (Fsp3) is 0.389. The Morgan fingerprint density at radius 1 is 1.18 bits per heavy atom. The van der Waals surface area contributed by atoms with Crippen LogP contribution in [0, 0.1) is 0 Å². The zero-order valence-electron chi connectivity index (χ0n) is 15.6. The van der Waals surface area contributed by atoms with Crippen LogP contribution in [0.15, 0.2) is 47.5 Å². The fourth-order valence-corrected chi connectivity index (χ4v) is 4.88. The van der Waals surface area contributed by atoms with Gasteiger partial charge in [0.2, 0.25) is 5.88 Å². The van der Waals surface area contributed by atoms with Crippen LogP contribution in [0.1, 0.15) is 13.8 Å².